The van der Waals surface area contributed by atoms with E-state index in [0.29, 0.717) is 18.4 Å². The highest BCUT2D eigenvalue weighted by molar-refractivity contribution is 9.10. The molecule has 1 aromatic heterocycles. The Morgan fingerprint density at radius 1 is 1.20 bits per heavy atom. The van der Waals surface area contributed by atoms with E-state index in [1.165, 1.54) is 19.3 Å². The van der Waals surface area contributed by atoms with Gasteiger partial charge in [0.2, 0.25) is 5.91 Å². The number of amides is 1. The van der Waals surface area contributed by atoms with Crippen molar-refractivity contribution in [3.8, 4) is 5.75 Å². The van der Waals surface area contributed by atoms with Crippen molar-refractivity contribution in [2.45, 2.75) is 62.4 Å². The molecular formula is C25H29BrN2O2. The minimum absolute atomic E-state index is 0.0461. The molecule has 0 aliphatic heterocycles. The summed E-state index contributed by atoms with van der Waals surface area (Å²) in [5.74, 6) is 2.45. The maximum absolute atomic E-state index is 13.4. The Bertz CT molecular complexity index is 918. The molecule has 2 aromatic rings. The molecule has 0 spiro atoms. The molecular weight excluding hydrogens is 440 g/mol. The number of nitrogens with zero attached hydrogens (tertiary/aromatic N) is 1. The zero-order valence-electron chi connectivity index (χ0n) is 17.4. The lowest BCUT2D eigenvalue weighted by atomic mass is 9.49. The molecule has 158 valence electrons. The van der Waals surface area contributed by atoms with Gasteiger partial charge >= 0.3 is 0 Å². The summed E-state index contributed by atoms with van der Waals surface area (Å²) in [6, 6.07) is 13.8. The number of pyridine rings is 1. The van der Waals surface area contributed by atoms with Crippen molar-refractivity contribution in [1.29, 1.82) is 0 Å². The van der Waals surface area contributed by atoms with Gasteiger partial charge < -0.3 is 10.1 Å². The van der Waals surface area contributed by atoms with Gasteiger partial charge in [0.1, 0.15) is 12.4 Å². The Hall–Kier alpha value is -1.88. The van der Waals surface area contributed by atoms with Crippen molar-refractivity contribution in [3.05, 3.63) is 59.9 Å². The molecule has 4 aliphatic rings. The van der Waals surface area contributed by atoms with Crippen molar-refractivity contribution in [1.82, 2.24) is 10.3 Å². The summed E-state index contributed by atoms with van der Waals surface area (Å²) in [4.78, 5) is 17.7. The maximum Gasteiger partial charge on any atom is 0.226 e. The molecule has 4 fully saturated rings. The van der Waals surface area contributed by atoms with Crippen molar-refractivity contribution in [2.24, 2.45) is 17.3 Å². The first-order valence-electron chi connectivity index (χ1n) is 11.1. The lowest BCUT2D eigenvalue weighted by Gasteiger charge is -2.59. The summed E-state index contributed by atoms with van der Waals surface area (Å²) in [5.41, 5.74) is 1.78. The van der Waals surface area contributed by atoms with Gasteiger partial charge in [-0.05, 0) is 87.1 Å². The molecule has 4 bridgehead atoms. The molecule has 0 radical (unpaired) electrons. The molecule has 30 heavy (non-hydrogen) atoms. The zero-order valence-corrected chi connectivity index (χ0v) is 19.0. The quantitative estimate of drug-likeness (QED) is 0.563. The molecule has 3 atom stereocenters. The van der Waals surface area contributed by atoms with E-state index in [1.54, 1.807) is 6.20 Å². The van der Waals surface area contributed by atoms with Crippen LogP contribution in [0.1, 0.15) is 62.7 Å². The summed E-state index contributed by atoms with van der Waals surface area (Å²) in [6.45, 7) is 2.50. The summed E-state index contributed by atoms with van der Waals surface area (Å²) in [7, 11) is 0. The molecule has 6 rings (SSSR count). The Morgan fingerprint density at radius 2 is 2.00 bits per heavy atom. The van der Waals surface area contributed by atoms with Gasteiger partial charge in [0.25, 0.3) is 0 Å². The predicted octanol–water partition coefficient (Wildman–Crippen LogP) is 5.57. The van der Waals surface area contributed by atoms with Crippen LogP contribution in [0.15, 0.2) is 48.7 Å². The van der Waals surface area contributed by atoms with Crippen molar-refractivity contribution in [3.63, 3.8) is 0 Å². The van der Waals surface area contributed by atoms with E-state index in [4.69, 9.17) is 4.74 Å². The average Bonchev–Trinajstić information content (AvgIpc) is 2.71. The lowest BCUT2D eigenvalue weighted by molar-refractivity contribution is -0.144. The number of aromatic nitrogens is 1. The third-order valence-electron chi connectivity index (χ3n) is 7.29. The number of rotatable bonds is 6. The van der Waals surface area contributed by atoms with Gasteiger partial charge in [-0.25, -0.2) is 0 Å². The molecule has 1 amide bonds. The van der Waals surface area contributed by atoms with Gasteiger partial charge in [-0.1, -0.05) is 34.1 Å². The second-order valence-corrected chi connectivity index (χ2v) is 11.5. The number of carbonyl (C=O) groups is 1. The first-order chi connectivity index (χ1) is 14.4. The van der Waals surface area contributed by atoms with Crippen molar-refractivity contribution in [2.75, 3.05) is 0 Å². The minimum atomic E-state index is -0.186. The Kier molecular flexibility index (Phi) is 5.12. The molecule has 4 nitrogen and oxygen atoms in total. The number of carbonyl (C=O) groups excluding carboxylic acids is 1. The van der Waals surface area contributed by atoms with Crippen LogP contribution in [0.4, 0.5) is 0 Å². The van der Waals surface area contributed by atoms with Gasteiger partial charge in [-0.2, -0.15) is 0 Å². The van der Waals surface area contributed by atoms with Crippen LogP contribution in [0, 0.1) is 17.3 Å². The van der Waals surface area contributed by atoms with Crippen LogP contribution in [-0.2, 0) is 11.4 Å². The largest absolute Gasteiger partial charge is 0.487 e. The fourth-order valence-electron chi connectivity index (χ4n) is 6.36. The van der Waals surface area contributed by atoms with Gasteiger partial charge in [0, 0.05) is 10.5 Å². The topological polar surface area (TPSA) is 51.2 Å². The fourth-order valence-corrected chi connectivity index (χ4v) is 7.82. The molecule has 3 unspecified atom stereocenters. The van der Waals surface area contributed by atoms with Gasteiger partial charge in [-0.15, -0.1) is 0 Å². The van der Waals surface area contributed by atoms with Crippen LogP contribution in [0.3, 0.4) is 0 Å². The first kappa shape index (κ1) is 20.0. The van der Waals surface area contributed by atoms with E-state index < -0.39 is 0 Å². The van der Waals surface area contributed by atoms with Crippen molar-refractivity contribution < 1.29 is 9.53 Å². The second-order valence-electron chi connectivity index (χ2n) is 9.77. The molecule has 5 heteroatoms. The van der Waals surface area contributed by atoms with E-state index in [0.717, 1.165) is 36.3 Å². The third-order valence-corrected chi connectivity index (χ3v) is 8.22. The Balaban J connectivity index is 1.25. The lowest BCUT2D eigenvalue weighted by Crippen LogP contribution is -2.58. The summed E-state index contributed by atoms with van der Waals surface area (Å²) in [5, 5.41) is 3.34. The standard InChI is InChI=1S/C25H29BrN2O2/c1-17(20-5-4-7-22(10-20)30-15-21-6-2-3-8-27-21)28-23(29)24-11-18-9-19(12-24)14-25(26,13-18)16-24/h2-8,10,17-19H,9,11-16H2,1H3,(H,28,29). The molecule has 1 aromatic carbocycles. The number of hydrogen-bond donors (Lipinski definition) is 1. The maximum atomic E-state index is 13.4. The highest BCUT2D eigenvalue weighted by Gasteiger charge is 2.59. The Morgan fingerprint density at radius 3 is 2.70 bits per heavy atom. The zero-order chi connectivity index (χ0) is 20.8. The van der Waals surface area contributed by atoms with E-state index in [2.05, 4.69) is 39.2 Å². The van der Waals surface area contributed by atoms with E-state index in [1.807, 2.05) is 36.4 Å². The minimum Gasteiger partial charge on any atom is -0.487 e. The van der Waals surface area contributed by atoms with E-state index in [-0.39, 0.29) is 21.7 Å². The van der Waals surface area contributed by atoms with Crippen LogP contribution in [0.2, 0.25) is 0 Å². The average molecular weight is 469 g/mol. The monoisotopic (exact) mass is 468 g/mol. The number of hydrogen-bond acceptors (Lipinski definition) is 3. The molecule has 0 saturated heterocycles. The highest BCUT2D eigenvalue weighted by Crippen LogP contribution is 2.64. The second kappa shape index (κ2) is 7.67. The van der Waals surface area contributed by atoms with Crippen molar-refractivity contribution >= 4 is 21.8 Å². The normalized spacial score (nSPS) is 32.6. The molecule has 1 heterocycles. The smallest absolute Gasteiger partial charge is 0.226 e. The van der Waals surface area contributed by atoms with Crippen LogP contribution < -0.4 is 10.1 Å². The van der Waals surface area contributed by atoms with E-state index >= 15 is 0 Å². The van der Waals surface area contributed by atoms with E-state index in [9.17, 15) is 4.79 Å². The summed E-state index contributed by atoms with van der Waals surface area (Å²) < 4.78 is 6.11. The molecule has 4 saturated carbocycles. The van der Waals surface area contributed by atoms with Gasteiger partial charge in [-0.3, -0.25) is 9.78 Å². The first-order valence-corrected chi connectivity index (χ1v) is 11.8. The predicted molar refractivity (Wildman–Crippen MR) is 120 cm³/mol. The molecule has 4 aliphatic carbocycles. The van der Waals surface area contributed by atoms with Crippen LogP contribution in [0.5, 0.6) is 5.75 Å². The summed E-state index contributed by atoms with van der Waals surface area (Å²) in [6.07, 6.45) is 8.67. The number of nitrogens with one attached hydrogen (secondary N) is 1. The number of halogens is 1. The molecule has 1 N–H and O–H groups in total. The summed E-state index contributed by atoms with van der Waals surface area (Å²) >= 11 is 4.02. The third kappa shape index (κ3) is 3.89. The SMILES string of the molecule is CC(NC(=O)C12CC3CC(CC(Br)(C3)C1)C2)c1cccc(OCc2ccccn2)c1. The van der Waals surface area contributed by atoms with Crippen LogP contribution >= 0.6 is 15.9 Å². The van der Waals surface area contributed by atoms with Crippen LogP contribution in [0.25, 0.3) is 0 Å². The number of alkyl halides is 1. The Labute approximate surface area is 186 Å². The fraction of sp³-hybridized carbons (Fsp3) is 0.520. The van der Waals surface area contributed by atoms with Gasteiger partial charge in [0.05, 0.1) is 17.2 Å². The number of ether oxygens (including phenoxy) is 1. The highest BCUT2D eigenvalue weighted by atomic mass is 79.9. The van der Waals surface area contributed by atoms with Crippen LogP contribution in [-0.4, -0.2) is 15.2 Å². The number of benzene rings is 1. The van der Waals surface area contributed by atoms with Gasteiger partial charge in [0.15, 0.2) is 0 Å².